The maximum absolute atomic E-state index is 10.4. The molecule has 3 N–H and O–H groups in total. The molecule has 0 rings (SSSR count). The zero-order valence-electron chi connectivity index (χ0n) is 9.03. The van der Waals surface area contributed by atoms with Crippen molar-refractivity contribution in [3.8, 4) is 0 Å². The number of carbonyl (C=O) groups is 1. The van der Waals surface area contributed by atoms with Gasteiger partial charge in [-0.15, -0.1) is 0 Å². The highest BCUT2D eigenvalue weighted by Gasteiger charge is 2.12. The third-order valence-electron chi connectivity index (χ3n) is 2.28. The summed E-state index contributed by atoms with van der Waals surface area (Å²) in [6.45, 7) is 6.02. The molecule has 0 radical (unpaired) electrons. The Bertz CT molecular complexity index is 244. The Labute approximate surface area is 85.3 Å². The number of carboxylic acids is 1. The quantitative estimate of drug-likeness (QED) is 0.524. The van der Waals surface area contributed by atoms with E-state index in [2.05, 4.69) is 19.1 Å². The molecule has 0 unspecified atom stereocenters. The number of allylic oxidation sites excluding steroid dienone is 3. The molecule has 0 aromatic carbocycles. The lowest BCUT2D eigenvalue weighted by molar-refractivity contribution is -0.131. The van der Waals surface area contributed by atoms with Crippen LogP contribution in [0.15, 0.2) is 23.9 Å². The van der Waals surface area contributed by atoms with Crippen molar-refractivity contribution in [2.24, 2.45) is 17.6 Å². The van der Waals surface area contributed by atoms with Crippen LogP contribution in [0, 0.1) is 11.8 Å². The Morgan fingerprint density at radius 2 is 2.07 bits per heavy atom. The van der Waals surface area contributed by atoms with E-state index in [4.69, 9.17) is 10.8 Å². The number of hydrogen-bond acceptors (Lipinski definition) is 2. The maximum atomic E-state index is 10.4. The van der Waals surface area contributed by atoms with Crippen LogP contribution >= 0.6 is 0 Å². The number of hydrogen-bond donors (Lipinski definition) is 2. The van der Waals surface area contributed by atoms with E-state index >= 15 is 0 Å². The van der Waals surface area contributed by atoms with E-state index in [9.17, 15) is 4.79 Å². The van der Waals surface area contributed by atoms with Gasteiger partial charge in [0.25, 0.3) is 0 Å². The first kappa shape index (κ1) is 12.8. The molecule has 0 heterocycles. The van der Waals surface area contributed by atoms with Gasteiger partial charge in [0.05, 0.1) is 0 Å². The van der Waals surface area contributed by atoms with Gasteiger partial charge >= 0.3 is 5.97 Å². The first-order valence-electron chi connectivity index (χ1n) is 4.85. The zero-order chi connectivity index (χ0) is 11.1. The molecule has 0 aromatic rings. The van der Waals surface area contributed by atoms with Crippen molar-refractivity contribution in [1.29, 1.82) is 0 Å². The van der Waals surface area contributed by atoms with E-state index in [1.54, 1.807) is 0 Å². The van der Waals surface area contributed by atoms with E-state index in [-0.39, 0.29) is 11.8 Å². The summed E-state index contributed by atoms with van der Waals surface area (Å²) in [7, 11) is 0. The van der Waals surface area contributed by atoms with Crippen molar-refractivity contribution in [3.05, 3.63) is 23.9 Å². The average molecular weight is 197 g/mol. The normalized spacial score (nSPS) is 16.9. The van der Waals surface area contributed by atoms with Crippen LogP contribution in [-0.4, -0.2) is 11.1 Å². The SMILES string of the molecule is CC/C=C/[C@H](C)[C@@H](C)/C(N)=C/C(=O)O. The molecule has 0 aromatic heterocycles. The fourth-order valence-corrected chi connectivity index (χ4v) is 1.09. The highest BCUT2D eigenvalue weighted by Crippen LogP contribution is 2.17. The molecule has 0 fully saturated rings. The van der Waals surface area contributed by atoms with Crippen molar-refractivity contribution in [1.82, 2.24) is 0 Å². The molecule has 0 saturated heterocycles. The van der Waals surface area contributed by atoms with Gasteiger partial charge in [0.1, 0.15) is 0 Å². The third-order valence-corrected chi connectivity index (χ3v) is 2.28. The number of nitrogens with two attached hydrogens (primary N) is 1. The van der Waals surface area contributed by atoms with E-state index in [1.807, 2.05) is 13.8 Å². The smallest absolute Gasteiger partial charge is 0.330 e. The summed E-state index contributed by atoms with van der Waals surface area (Å²) < 4.78 is 0. The lowest BCUT2D eigenvalue weighted by atomic mass is 9.92. The molecule has 3 heteroatoms. The monoisotopic (exact) mass is 197 g/mol. The Morgan fingerprint density at radius 1 is 1.50 bits per heavy atom. The summed E-state index contributed by atoms with van der Waals surface area (Å²) in [6.07, 6.45) is 6.18. The molecular weight excluding hydrogens is 178 g/mol. The third kappa shape index (κ3) is 4.70. The minimum atomic E-state index is -0.985. The molecule has 0 amide bonds. The van der Waals surface area contributed by atoms with Gasteiger partial charge in [0.2, 0.25) is 0 Å². The van der Waals surface area contributed by atoms with Gasteiger partial charge in [-0.2, -0.15) is 0 Å². The molecular formula is C11H19NO2. The summed E-state index contributed by atoms with van der Waals surface area (Å²) >= 11 is 0. The number of rotatable bonds is 5. The van der Waals surface area contributed by atoms with Crippen molar-refractivity contribution in [3.63, 3.8) is 0 Å². The first-order valence-corrected chi connectivity index (χ1v) is 4.85. The highest BCUT2D eigenvalue weighted by atomic mass is 16.4. The van der Waals surface area contributed by atoms with E-state index in [0.29, 0.717) is 5.70 Å². The molecule has 3 nitrogen and oxygen atoms in total. The van der Waals surface area contributed by atoms with Gasteiger partial charge in [-0.3, -0.25) is 0 Å². The predicted molar refractivity (Wildman–Crippen MR) is 57.7 cm³/mol. The Morgan fingerprint density at radius 3 is 2.50 bits per heavy atom. The molecule has 0 aliphatic carbocycles. The van der Waals surface area contributed by atoms with E-state index < -0.39 is 5.97 Å². The summed E-state index contributed by atoms with van der Waals surface area (Å²) in [5.41, 5.74) is 6.06. The minimum Gasteiger partial charge on any atom is -0.478 e. The van der Waals surface area contributed by atoms with Crippen molar-refractivity contribution >= 4 is 5.97 Å². The first-order chi connectivity index (χ1) is 6.49. The number of carboxylic acid groups (broad SMARTS) is 1. The summed E-state index contributed by atoms with van der Waals surface area (Å²) in [4.78, 5) is 10.4. The van der Waals surface area contributed by atoms with Crippen LogP contribution in [0.5, 0.6) is 0 Å². The zero-order valence-corrected chi connectivity index (χ0v) is 9.03. The Balaban J connectivity index is 4.37. The molecule has 0 saturated carbocycles. The van der Waals surface area contributed by atoms with Crippen LogP contribution in [0.3, 0.4) is 0 Å². The van der Waals surface area contributed by atoms with Crippen LogP contribution in [0.1, 0.15) is 27.2 Å². The van der Waals surface area contributed by atoms with Crippen LogP contribution in [-0.2, 0) is 4.79 Å². The average Bonchev–Trinajstić information content (AvgIpc) is 2.11. The lowest BCUT2D eigenvalue weighted by Crippen LogP contribution is -2.16. The molecule has 14 heavy (non-hydrogen) atoms. The Hall–Kier alpha value is -1.25. The van der Waals surface area contributed by atoms with Gasteiger partial charge in [0.15, 0.2) is 0 Å². The minimum absolute atomic E-state index is 0.0638. The van der Waals surface area contributed by atoms with Crippen molar-refractivity contribution < 1.29 is 9.90 Å². The second kappa shape index (κ2) is 6.24. The van der Waals surface area contributed by atoms with Gasteiger partial charge < -0.3 is 10.8 Å². The summed E-state index contributed by atoms with van der Waals surface area (Å²) in [5.74, 6) is -0.652. The topological polar surface area (TPSA) is 63.3 Å². The van der Waals surface area contributed by atoms with Crippen LogP contribution in [0.2, 0.25) is 0 Å². The lowest BCUT2D eigenvalue weighted by Gasteiger charge is -2.16. The fourth-order valence-electron chi connectivity index (χ4n) is 1.09. The molecule has 0 aliphatic rings. The molecule has 0 bridgehead atoms. The summed E-state index contributed by atoms with van der Waals surface area (Å²) in [6, 6.07) is 0. The van der Waals surface area contributed by atoms with Crippen molar-refractivity contribution in [2.45, 2.75) is 27.2 Å². The van der Waals surface area contributed by atoms with Crippen molar-refractivity contribution in [2.75, 3.05) is 0 Å². The van der Waals surface area contributed by atoms with Gasteiger partial charge in [-0.1, -0.05) is 32.9 Å². The predicted octanol–water partition coefficient (Wildman–Crippen LogP) is 2.15. The second-order valence-electron chi connectivity index (χ2n) is 3.47. The Kier molecular flexibility index (Phi) is 5.68. The van der Waals surface area contributed by atoms with Crippen LogP contribution in [0.25, 0.3) is 0 Å². The molecule has 80 valence electrons. The molecule has 0 aliphatic heterocycles. The van der Waals surface area contributed by atoms with Crippen LogP contribution in [0.4, 0.5) is 0 Å². The van der Waals surface area contributed by atoms with E-state index in [0.717, 1.165) is 12.5 Å². The standard InChI is InChI=1S/C11H19NO2/c1-4-5-6-8(2)9(3)10(12)7-11(13)14/h5-9H,4,12H2,1-3H3,(H,13,14)/b6-5+,10-7-/t8-,9+/m0/s1. The summed E-state index contributed by atoms with van der Waals surface area (Å²) in [5, 5.41) is 8.52. The highest BCUT2D eigenvalue weighted by molar-refractivity contribution is 5.80. The fraction of sp³-hybridized carbons (Fsp3) is 0.545. The largest absolute Gasteiger partial charge is 0.478 e. The second-order valence-corrected chi connectivity index (χ2v) is 3.47. The van der Waals surface area contributed by atoms with Gasteiger partial charge in [0, 0.05) is 17.7 Å². The van der Waals surface area contributed by atoms with Gasteiger partial charge in [-0.25, -0.2) is 4.79 Å². The number of aliphatic carboxylic acids is 1. The van der Waals surface area contributed by atoms with Gasteiger partial charge in [-0.05, 0) is 12.3 Å². The maximum Gasteiger partial charge on any atom is 0.330 e. The molecule has 2 atom stereocenters. The molecule has 0 spiro atoms. The van der Waals surface area contributed by atoms with E-state index in [1.165, 1.54) is 0 Å². The van der Waals surface area contributed by atoms with Crippen LogP contribution < -0.4 is 5.73 Å².